The Morgan fingerprint density at radius 3 is 2.31 bits per heavy atom. The molecule has 2 saturated heterocycles. The molecule has 164 valence electrons. The van der Waals surface area contributed by atoms with Crippen molar-refractivity contribution in [3.8, 4) is 0 Å². The van der Waals surface area contributed by atoms with E-state index in [-0.39, 0.29) is 24.0 Å². The Labute approximate surface area is 194 Å². The highest BCUT2D eigenvalue weighted by atomic mass is 127. The van der Waals surface area contributed by atoms with Crippen LogP contribution in [0.1, 0.15) is 56.6 Å². The van der Waals surface area contributed by atoms with Crippen molar-refractivity contribution in [2.45, 2.75) is 64.6 Å². The molecule has 1 aromatic carbocycles. The van der Waals surface area contributed by atoms with E-state index in [0.29, 0.717) is 6.10 Å². The second kappa shape index (κ2) is 13.4. The molecule has 0 bridgehead atoms. The van der Waals surface area contributed by atoms with E-state index in [9.17, 15) is 0 Å². The summed E-state index contributed by atoms with van der Waals surface area (Å²) in [6, 6.07) is 8.87. The topological polar surface area (TPSA) is 40.1 Å². The van der Waals surface area contributed by atoms with Crippen LogP contribution in [0.4, 0.5) is 0 Å². The van der Waals surface area contributed by atoms with Gasteiger partial charge < -0.3 is 15.0 Å². The Morgan fingerprint density at radius 1 is 1.03 bits per heavy atom. The Morgan fingerprint density at radius 2 is 1.69 bits per heavy atom. The normalized spacial score (nSPS) is 19.5. The van der Waals surface area contributed by atoms with E-state index >= 15 is 0 Å². The van der Waals surface area contributed by atoms with Crippen LogP contribution in [0, 0.1) is 0 Å². The summed E-state index contributed by atoms with van der Waals surface area (Å²) in [5.41, 5.74) is 2.83. The molecule has 2 aliphatic heterocycles. The first kappa shape index (κ1) is 24.4. The Bertz CT molecular complexity index is 609. The SMILES string of the molecule is CCOC1CCN(C(=NC)NCc2ccccc2CN2CCCCCC2)CC1.I. The second-order valence-electron chi connectivity index (χ2n) is 8.00. The van der Waals surface area contributed by atoms with E-state index in [0.717, 1.165) is 51.6 Å². The van der Waals surface area contributed by atoms with Crippen molar-refractivity contribution in [2.24, 2.45) is 4.99 Å². The number of nitrogens with zero attached hydrogens (tertiary/aromatic N) is 3. The monoisotopic (exact) mass is 514 g/mol. The van der Waals surface area contributed by atoms with Gasteiger partial charge >= 0.3 is 0 Å². The molecular formula is C23H39IN4O. The van der Waals surface area contributed by atoms with Crippen LogP contribution in [-0.2, 0) is 17.8 Å². The lowest BCUT2D eigenvalue weighted by atomic mass is 10.1. The number of nitrogens with one attached hydrogen (secondary N) is 1. The van der Waals surface area contributed by atoms with Crippen molar-refractivity contribution in [1.82, 2.24) is 15.1 Å². The van der Waals surface area contributed by atoms with Crippen LogP contribution in [0.5, 0.6) is 0 Å². The molecule has 0 aliphatic carbocycles. The minimum atomic E-state index is 0. The van der Waals surface area contributed by atoms with Gasteiger partial charge in [0.15, 0.2) is 5.96 Å². The summed E-state index contributed by atoms with van der Waals surface area (Å²) in [4.78, 5) is 9.53. The van der Waals surface area contributed by atoms with Crippen molar-refractivity contribution >= 4 is 29.9 Å². The molecule has 0 aromatic heterocycles. The van der Waals surface area contributed by atoms with Crippen molar-refractivity contribution in [1.29, 1.82) is 0 Å². The van der Waals surface area contributed by atoms with Crippen LogP contribution >= 0.6 is 24.0 Å². The lowest BCUT2D eigenvalue weighted by Crippen LogP contribution is -2.46. The number of ether oxygens (including phenoxy) is 1. The van der Waals surface area contributed by atoms with Crippen molar-refractivity contribution in [3.63, 3.8) is 0 Å². The fourth-order valence-electron chi connectivity index (χ4n) is 4.40. The van der Waals surface area contributed by atoms with Crippen molar-refractivity contribution in [3.05, 3.63) is 35.4 Å². The third-order valence-corrected chi connectivity index (χ3v) is 6.00. The Balaban J connectivity index is 0.00000300. The van der Waals surface area contributed by atoms with Gasteiger partial charge in [0.1, 0.15) is 0 Å². The first-order valence-electron chi connectivity index (χ1n) is 11.2. The molecule has 29 heavy (non-hydrogen) atoms. The predicted octanol–water partition coefficient (Wildman–Crippen LogP) is 4.26. The largest absolute Gasteiger partial charge is 0.378 e. The van der Waals surface area contributed by atoms with Gasteiger partial charge in [0.2, 0.25) is 0 Å². The zero-order chi connectivity index (χ0) is 19.6. The molecule has 5 nitrogen and oxygen atoms in total. The molecule has 0 amide bonds. The fraction of sp³-hybridized carbons (Fsp3) is 0.696. The summed E-state index contributed by atoms with van der Waals surface area (Å²) in [5, 5.41) is 3.61. The highest BCUT2D eigenvalue weighted by Gasteiger charge is 2.21. The molecule has 2 heterocycles. The van der Waals surface area contributed by atoms with E-state index in [1.807, 2.05) is 7.05 Å². The standard InChI is InChI=1S/C23H38N4O.HI/c1-3-28-22-12-16-27(17-13-22)23(24-2)25-18-20-10-6-7-11-21(20)19-26-14-8-4-5-9-15-26;/h6-7,10-11,22H,3-5,8-9,12-19H2,1-2H3,(H,24,25);1H. The molecule has 6 heteroatoms. The summed E-state index contributed by atoms with van der Waals surface area (Å²) in [6.07, 6.45) is 8.02. The molecule has 2 aliphatic rings. The zero-order valence-electron chi connectivity index (χ0n) is 18.2. The molecular weight excluding hydrogens is 475 g/mol. The molecule has 2 fully saturated rings. The average Bonchev–Trinajstić information content (AvgIpc) is 3.00. The Hall–Kier alpha value is -0.860. The number of guanidine groups is 1. The third-order valence-electron chi connectivity index (χ3n) is 6.00. The van der Waals surface area contributed by atoms with Gasteiger partial charge in [0.25, 0.3) is 0 Å². The van der Waals surface area contributed by atoms with Crippen molar-refractivity contribution < 1.29 is 4.74 Å². The minimum absolute atomic E-state index is 0. The van der Waals surface area contributed by atoms with Crippen LogP contribution in [0.25, 0.3) is 0 Å². The second-order valence-corrected chi connectivity index (χ2v) is 8.00. The van der Waals surface area contributed by atoms with Gasteiger partial charge in [-0.15, -0.1) is 24.0 Å². The first-order valence-corrected chi connectivity index (χ1v) is 11.2. The number of rotatable bonds is 6. The van der Waals surface area contributed by atoms with Gasteiger partial charge in [0.05, 0.1) is 6.10 Å². The van der Waals surface area contributed by atoms with E-state index in [1.54, 1.807) is 0 Å². The molecule has 1 aromatic rings. The van der Waals surface area contributed by atoms with Gasteiger partial charge in [0, 0.05) is 39.8 Å². The minimum Gasteiger partial charge on any atom is -0.378 e. The molecule has 3 rings (SSSR count). The van der Waals surface area contributed by atoms with E-state index < -0.39 is 0 Å². The first-order chi connectivity index (χ1) is 13.8. The van der Waals surface area contributed by atoms with E-state index in [1.165, 1.54) is 49.9 Å². The Kier molecular flexibility index (Phi) is 11.3. The number of aliphatic imine (C=N–C) groups is 1. The predicted molar refractivity (Wildman–Crippen MR) is 132 cm³/mol. The lowest BCUT2D eigenvalue weighted by molar-refractivity contribution is 0.0263. The van der Waals surface area contributed by atoms with Gasteiger partial charge in [-0.3, -0.25) is 9.89 Å². The number of likely N-dealkylation sites (tertiary alicyclic amines) is 2. The van der Waals surface area contributed by atoms with E-state index in [2.05, 4.69) is 51.3 Å². The molecule has 0 spiro atoms. The number of hydrogen-bond acceptors (Lipinski definition) is 3. The zero-order valence-corrected chi connectivity index (χ0v) is 20.6. The summed E-state index contributed by atoms with van der Waals surface area (Å²) in [5.74, 6) is 1.01. The third kappa shape index (κ3) is 7.72. The highest BCUT2D eigenvalue weighted by molar-refractivity contribution is 14.0. The number of halogens is 1. The van der Waals surface area contributed by atoms with Crippen LogP contribution in [0.3, 0.4) is 0 Å². The molecule has 0 atom stereocenters. The van der Waals surface area contributed by atoms with E-state index in [4.69, 9.17) is 4.74 Å². The summed E-state index contributed by atoms with van der Waals surface area (Å²) >= 11 is 0. The van der Waals surface area contributed by atoms with Gasteiger partial charge in [-0.05, 0) is 56.8 Å². The van der Waals surface area contributed by atoms with Crippen LogP contribution in [0.2, 0.25) is 0 Å². The van der Waals surface area contributed by atoms with Gasteiger partial charge in [-0.25, -0.2) is 0 Å². The van der Waals surface area contributed by atoms with Crippen molar-refractivity contribution in [2.75, 3.05) is 39.8 Å². The highest BCUT2D eigenvalue weighted by Crippen LogP contribution is 2.17. The lowest BCUT2D eigenvalue weighted by Gasteiger charge is -2.34. The maximum absolute atomic E-state index is 5.78. The number of benzene rings is 1. The molecule has 0 radical (unpaired) electrons. The molecule has 0 unspecified atom stereocenters. The maximum Gasteiger partial charge on any atom is 0.193 e. The fourth-order valence-corrected chi connectivity index (χ4v) is 4.40. The van der Waals surface area contributed by atoms with Crippen LogP contribution in [0.15, 0.2) is 29.3 Å². The van der Waals surface area contributed by atoms with Gasteiger partial charge in [-0.2, -0.15) is 0 Å². The average molecular weight is 514 g/mol. The summed E-state index contributed by atoms with van der Waals surface area (Å²) < 4.78 is 5.78. The smallest absolute Gasteiger partial charge is 0.193 e. The maximum atomic E-state index is 5.78. The molecule has 1 N–H and O–H groups in total. The molecule has 0 saturated carbocycles. The number of piperidine rings is 1. The van der Waals surface area contributed by atoms with Crippen LogP contribution in [-0.4, -0.2) is 61.7 Å². The number of hydrogen-bond donors (Lipinski definition) is 1. The van der Waals surface area contributed by atoms with Gasteiger partial charge in [-0.1, -0.05) is 37.1 Å². The quantitative estimate of drug-likeness (QED) is 0.350. The summed E-state index contributed by atoms with van der Waals surface area (Å²) in [6.45, 7) is 9.29. The summed E-state index contributed by atoms with van der Waals surface area (Å²) in [7, 11) is 1.89. The van der Waals surface area contributed by atoms with Crippen LogP contribution < -0.4 is 5.32 Å².